The van der Waals surface area contributed by atoms with Crippen molar-refractivity contribution < 1.29 is 0 Å². The Hall–Kier alpha value is -1.53. The molecule has 0 radical (unpaired) electrons. The van der Waals surface area contributed by atoms with Crippen molar-refractivity contribution in [2.24, 2.45) is 0 Å². The highest BCUT2D eigenvalue weighted by Crippen LogP contribution is 2.28. The second-order valence-corrected chi connectivity index (χ2v) is 4.86. The summed E-state index contributed by atoms with van der Waals surface area (Å²) in [6, 6.07) is 10.8. The van der Waals surface area contributed by atoms with Gasteiger partial charge in [0.2, 0.25) is 0 Å². The van der Waals surface area contributed by atoms with Crippen LogP contribution in [0.1, 0.15) is 31.2 Å². The Morgan fingerprint density at radius 2 is 2.22 bits per heavy atom. The zero-order valence-corrected chi connectivity index (χ0v) is 11.0. The van der Waals surface area contributed by atoms with E-state index in [2.05, 4.69) is 22.4 Å². The molecule has 0 bridgehead atoms. The van der Waals surface area contributed by atoms with Gasteiger partial charge >= 0.3 is 0 Å². The SMILES string of the molecule is CNCCC1CCCCN1c1ccccc1C#N. The first-order chi connectivity index (χ1) is 8.86. The standard InChI is InChI=1S/C15H21N3/c1-17-10-9-14-7-4-5-11-18(14)15-8-3-2-6-13(15)12-16/h2-3,6,8,14,17H,4-5,7,9-11H2,1H3. The Morgan fingerprint density at radius 1 is 1.39 bits per heavy atom. The molecule has 1 fully saturated rings. The van der Waals surface area contributed by atoms with Gasteiger partial charge in [0, 0.05) is 12.6 Å². The molecule has 0 aliphatic carbocycles. The number of nitrogens with zero attached hydrogens (tertiary/aromatic N) is 2. The Balaban J connectivity index is 2.20. The van der Waals surface area contributed by atoms with Crippen molar-refractivity contribution in [1.82, 2.24) is 5.32 Å². The van der Waals surface area contributed by atoms with Gasteiger partial charge in [-0.05, 0) is 51.4 Å². The smallest absolute Gasteiger partial charge is 0.101 e. The molecule has 1 heterocycles. The van der Waals surface area contributed by atoms with E-state index in [1.165, 1.54) is 19.3 Å². The largest absolute Gasteiger partial charge is 0.367 e. The van der Waals surface area contributed by atoms with Crippen LogP contribution in [0.4, 0.5) is 5.69 Å². The molecule has 1 saturated heterocycles. The molecule has 3 nitrogen and oxygen atoms in total. The molecule has 18 heavy (non-hydrogen) atoms. The molecule has 2 rings (SSSR count). The molecule has 3 heteroatoms. The Kier molecular flexibility index (Phi) is 4.60. The van der Waals surface area contributed by atoms with Crippen LogP contribution in [-0.2, 0) is 0 Å². The van der Waals surface area contributed by atoms with Gasteiger partial charge in [-0.1, -0.05) is 12.1 Å². The number of rotatable bonds is 4. The third kappa shape index (κ3) is 2.83. The average Bonchev–Trinajstić information content (AvgIpc) is 2.45. The zero-order valence-electron chi connectivity index (χ0n) is 11.0. The fraction of sp³-hybridized carbons (Fsp3) is 0.533. The molecule has 1 unspecified atom stereocenters. The normalized spacial score (nSPS) is 19.6. The Morgan fingerprint density at radius 3 is 3.00 bits per heavy atom. The van der Waals surface area contributed by atoms with E-state index < -0.39 is 0 Å². The molecule has 0 aromatic heterocycles. The maximum absolute atomic E-state index is 9.22. The maximum atomic E-state index is 9.22. The van der Waals surface area contributed by atoms with Crippen molar-refractivity contribution in [1.29, 1.82) is 5.26 Å². The second-order valence-electron chi connectivity index (χ2n) is 4.86. The molecule has 1 aromatic rings. The lowest BCUT2D eigenvalue weighted by molar-refractivity contribution is 0.433. The van der Waals surface area contributed by atoms with Gasteiger partial charge in [0.05, 0.1) is 11.3 Å². The van der Waals surface area contributed by atoms with Crippen LogP contribution in [0.2, 0.25) is 0 Å². The first-order valence-electron chi connectivity index (χ1n) is 6.77. The Labute approximate surface area is 109 Å². The molecule has 0 saturated carbocycles. The van der Waals surface area contributed by atoms with E-state index in [0.717, 1.165) is 30.8 Å². The number of anilines is 1. The van der Waals surface area contributed by atoms with Gasteiger partial charge in [-0.3, -0.25) is 0 Å². The molecule has 1 atom stereocenters. The second kappa shape index (κ2) is 6.42. The molecule has 1 aliphatic rings. The van der Waals surface area contributed by atoms with Gasteiger partial charge in [0.25, 0.3) is 0 Å². The monoisotopic (exact) mass is 243 g/mol. The molecule has 1 N–H and O–H groups in total. The van der Waals surface area contributed by atoms with E-state index in [-0.39, 0.29) is 0 Å². The number of para-hydroxylation sites is 1. The van der Waals surface area contributed by atoms with E-state index >= 15 is 0 Å². The zero-order chi connectivity index (χ0) is 12.8. The summed E-state index contributed by atoms with van der Waals surface area (Å²) in [5.41, 5.74) is 1.91. The molecular weight excluding hydrogens is 222 g/mol. The Bertz CT molecular complexity index is 422. The summed E-state index contributed by atoms with van der Waals surface area (Å²) in [6.45, 7) is 2.11. The van der Waals surface area contributed by atoms with Crippen LogP contribution in [0, 0.1) is 11.3 Å². The van der Waals surface area contributed by atoms with Gasteiger partial charge in [0.15, 0.2) is 0 Å². The fourth-order valence-electron chi connectivity index (χ4n) is 2.75. The molecule has 1 aliphatic heterocycles. The van der Waals surface area contributed by atoms with Gasteiger partial charge in [-0.25, -0.2) is 0 Å². The number of benzene rings is 1. The summed E-state index contributed by atoms with van der Waals surface area (Å²) in [6.07, 6.45) is 4.92. The van der Waals surface area contributed by atoms with Crippen molar-refractivity contribution >= 4 is 5.69 Å². The van der Waals surface area contributed by atoms with Crippen LogP contribution < -0.4 is 10.2 Å². The highest BCUT2D eigenvalue weighted by Gasteiger charge is 2.23. The summed E-state index contributed by atoms with van der Waals surface area (Å²) < 4.78 is 0. The van der Waals surface area contributed by atoms with Crippen LogP contribution >= 0.6 is 0 Å². The minimum Gasteiger partial charge on any atom is -0.367 e. The number of piperidine rings is 1. The predicted molar refractivity (Wildman–Crippen MR) is 74.7 cm³/mol. The highest BCUT2D eigenvalue weighted by atomic mass is 15.2. The number of nitrogens with one attached hydrogen (secondary N) is 1. The number of nitriles is 1. The summed E-state index contributed by atoms with van der Waals surface area (Å²) in [7, 11) is 2.00. The maximum Gasteiger partial charge on any atom is 0.101 e. The third-order valence-corrected chi connectivity index (χ3v) is 3.69. The number of hydrogen-bond acceptors (Lipinski definition) is 3. The molecule has 0 spiro atoms. The summed E-state index contributed by atoms with van der Waals surface area (Å²) in [4.78, 5) is 2.43. The minimum atomic E-state index is 0.570. The number of hydrogen-bond donors (Lipinski definition) is 1. The lowest BCUT2D eigenvalue weighted by Gasteiger charge is -2.38. The molecular formula is C15H21N3. The first-order valence-corrected chi connectivity index (χ1v) is 6.77. The molecule has 96 valence electrons. The van der Waals surface area contributed by atoms with Crippen molar-refractivity contribution in [3.05, 3.63) is 29.8 Å². The average molecular weight is 243 g/mol. The van der Waals surface area contributed by atoms with Crippen molar-refractivity contribution in [3.8, 4) is 6.07 Å². The lowest BCUT2D eigenvalue weighted by Crippen LogP contribution is -2.41. The van der Waals surface area contributed by atoms with Crippen LogP contribution in [0.5, 0.6) is 0 Å². The predicted octanol–water partition coefficient (Wildman–Crippen LogP) is 2.53. The first kappa shape index (κ1) is 12.9. The van der Waals surface area contributed by atoms with Gasteiger partial charge < -0.3 is 10.2 Å². The lowest BCUT2D eigenvalue weighted by atomic mass is 9.97. The van der Waals surface area contributed by atoms with E-state index in [1.54, 1.807) is 0 Å². The fourth-order valence-corrected chi connectivity index (χ4v) is 2.75. The van der Waals surface area contributed by atoms with Crippen LogP contribution in [0.25, 0.3) is 0 Å². The molecule has 0 amide bonds. The highest BCUT2D eigenvalue weighted by molar-refractivity contribution is 5.60. The summed E-state index contributed by atoms with van der Waals surface area (Å²) >= 11 is 0. The van der Waals surface area contributed by atoms with Crippen LogP contribution in [-0.4, -0.2) is 26.2 Å². The summed E-state index contributed by atoms with van der Waals surface area (Å²) in [5, 5.41) is 12.4. The van der Waals surface area contributed by atoms with Gasteiger partial charge in [-0.15, -0.1) is 0 Å². The quantitative estimate of drug-likeness (QED) is 0.883. The van der Waals surface area contributed by atoms with Crippen molar-refractivity contribution in [3.63, 3.8) is 0 Å². The van der Waals surface area contributed by atoms with Gasteiger partial charge in [-0.2, -0.15) is 5.26 Å². The third-order valence-electron chi connectivity index (χ3n) is 3.69. The van der Waals surface area contributed by atoms with Crippen LogP contribution in [0.15, 0.2) is 24.3 Å². The van der Waals surface area contributed by atoms with E-state index in [0.29, 0.717) is 6.04 Å². The minimum absolute atomic E-state index is 0.570. The van der Waals surface area contributed by atoms with E-state index in [1.807, 2.05) is 25.2 Å². The topological polar surface area (TPSA) is 39.1 Å². The van der Waals surface area contributed by atoms with Crippen LogP contribution in [0.3, 0.4) is 0 Å². The van der Waals surface area contributed by atoms with Crippen molar-refractivity contribution in [2.45, 2.75) is 31.7 Å². The van der Waals surface area contributed by atoms with Gasteiger partial charge in [0.1, 0.15) is 6.07 Å². The molecule has 1 aromatic carbocycles. The van der Waals surface area contributed by atoms with E-state index in [4.69, 9.17) is 0 Å². The van der Waals surface area contributed by atoms with Crippen molar-refractivity contribution in [2.75, 3.05) is 25.0 Å². The van der Waals surface area contributed by atoms with E-state index in [9.17, 15) is 5.26 Å². The summed E-state index contributed by atoms with van der Waals surface area (Å²) in [5.74, 6) is 0.